The third kappa shape index (κ3) is 1.67. The molecule has 1 heterocycles. The molecule has 0 spiro atoms. The van der Waals surface area contributed by atoms with E-state index < -0.39 is 5.97 Å². The van der Waals surface area contributed by atoms with Gasteiger partial charge in [-0.25, -0.2) is 9.78 Å². The Labute approximate surface area is 96.4 Å². The Balaban J connectivity index is 2.83. The Hall–Kier alpha value is -1.81. The Bertz CT molecular complexity index is 568. The molecule has 0 aliphatic heterocycles. The highest BCUT2D eigenvalue weighted by molar-refractivity contribution is 6.30. The van der Waals surface area contributed by atoms with Crippen molar-refractivity contribution in [1.82, 2.24) is 4.98 Å². The molecule has 0 unspecified atom stereocenters. The molecule has 0 amide bonds. The zero-order valence-electron chi connectivity index (χ0n) is 8.40. The molecular weight excluding hydrogens is 230 g/mol. The second-order valence-corrected chi connectivity index (χ2v) is 3.54. The molecule has 1 aromatic carbocycles. The van der Waals surface area contributed by atoms with Gasteiger partial charge in [0.15, 0.2) is 5.69 Å². The summed E-state index contributed by atoms with van der Waals surface area (Å²) in [4.78, 5) is 15.4. The number of hydrogen-bond donors (Lipinski definition) is 1. The fourth-order valence-electron chi connectivity index (χ4n) is 1.48. The van der Waals surface area contributed by atoms with Crippen molar-refractivity contribution in [2.75, 3.05) is 7.11 Å². The van der Waals surface area contributed by atoms with Crippen molar-refractivity contribution < 1.29 is 14.6 Å². The van der Waals surface area contributed by atoms with Gasteiger partial charge in [-0.15, -0.1) is 0 Å². The van der Waals surface area contributed by atoms with Gasteiger partial charge in [0.1, 0.15) is 10.9 Å². The summed E-state index contributed by atoms with van der Waals surface area (Å²) < 4.78 is 4.60. The van der Waals surface area contributed by atoms with E-state index in [9.17, 15) is 9.90 Å². The molecule has 1 N–H and O–H groups in total. The summed E-state index contributed by atoms with van der Waals surface area (Å²) in [6, 6.07) is 6.31. The molecule has 1 aromatic heterocycles. The highest BCUT2D eigenvalue weighted by atomic mass is 35.5. The van der Waals surface area contributed by atoms with Gasteiger partial charge in [0, 0.05) is 10.8 Å². The summed E-state index contributed by atoms with van der Waals surface area (Å²) in [6.07, 6.45) is 0. The van der Waals surface area contributed by atoms with E-state index in [1.54, 1.807) is 12.1 Å². The number of aromatic hydroxyl groups is 1. The molecule has 5 heteroatoms. The number of phenols is 1. The molecule has 4 nitrogen and oxygen atoms in total. The second kappa shape index (κ2) is 3.98. The maximum Gasteiger partial charge on any atom is 0.357 e. The van der Waals surface area contributed by atoms with Gasteiger partial charge in [0.2, 0.25) is 0 Å². The van der Waals surface area contributed by atoms with Crippen molar-refractivity contribution in [2.45, 2.75) is 0 Å². The number of methoxy groups -OCH3 is 1. The van der Waals surface area contributed by atoms with E-state index in [2.05, 4.69) is 9.72 Å². The van der Waals surface area contributed by atoms with Crippen molar-refractivity contribution in [3.63, 3.8) is 0 Å². The molecule has 0 fully saturated rings. The van der Waals surface area contributed by atoms with Crippen LogP contribution in [0.5, 0.6) is 5.75 Å². The average Bonchev–Trinajstić information content (AvgIpc) is 2.28. The van der Waals surface area contributed by atoms with Crippen LogP contribution in [0, 0.1) is 0 Å². The molecule has 82 valence electrons. The second-order valence-electron chi connectivity index (χ2n) is 3.16. The Morgan fingerprint density at radius 1 is 1.44 bits per heavy atom. The number of aromatic nitrogens is 1. The van der Waals surface area contributed by atoms with Crippen molar-refractivity contribution in [3.05, 3.63) is 35.1 Å². The monoisotopic (exact) mass is 237 g/mol. The molecular formula is C11H8ClNO3. The molecule has 0 bridgehead atoms. The highest BCUT2D eigenvalue weighted by Crippen LogP contribution is 2.28. The Morgan fingerprint density at radius 3 is 2.88 bits per heavy atom. The lowest BCUT2D eigenvalue weighted by molar-refractivity contribution is 0.0596. The van der Waals surface area contributed by atoms with Crippen molar-refractivity contribution >= 4 is 28.3 Å². The van der Waals surface area contributed by atoms with Gasteiger partial charge in [-0.2, -0.15) is 0 Å². The topological polar surface area (TPSA) is 59.4 Å². The molecule has 0 saturated heterocycles. The summed E-state index contributed by atoms with van der Waals surface area (Å²) in [5.74, 6) is -0.537. The number of nitrogens with zero attached hydrogens (tertiary/aromatic N) is 1. The largest absolute Gasteiger partial charge is 0.507 e. The summed E-state index contributed by atoms with van der Waals surface area (Å²) in [5.41, 5.74) is 0.0981. The SMILES string of the molecule is COC(=O)c1nc(Cl)cc2c(O)cccc12. The van der Waals surface area contributed by atoms with Crippen LogP contribution in [0.25, 0.3) is 10.8 Å². The van der Waals surface area contributed by atoms with Crippen molar-refractivity contribution in [3.8, 4) is 5.75 Å². The first kappa shape index (κ1) is 10.7. The van der Waals surface area contributed by atoms with E-state index >= 15 is 0 Å². The van der Waals surface area contributed by atoms with E-state index in [1.165, 1.54) is 19.2 Å². The summed E-state index contributed by atoms with van der Waals surface area (Å²) in [5, 5.41) is 10.8. The molecule has 0 aliphatic carbocycles. The van der Waals surface area contributed by atoms with Crippen LogP contribution in [0.1, 0.15) is 10.5 Å². The lowest BCUT2D eigenvalue weighted by Crippen LogP contribution is -2.05. The minimum atomic E-state index is -0.585. The number of esters is 1. The lowest BCUT2D eigenvalue weighted by Gasteiger charge is -2.05. The number of ether oxygens (including phenoxy) is 1. The predicted molar refractivity (Wildman–Crippen MR) is 59.8 cm³/mol. The van der Waals surface area contributed by atoms with Crippen LogP contribution in [0.15, 0.2) is 24.3 Å². The fourth-order valence-corrected chi connectivity index (χ4v) is 1.68. The van der Waals surface area contributed by atoms with Crippen LogP contribution in [-0.2, 0) is 4.74 Å². The number of benzene rings is 1. The quantitative estimate of drug-likeness (QED) is 0.611. The minimum Gasteiger partial charge on any atom is -0.507 e. The maximum atomic E-state index is 11.5. The van der Waals surface area contributed by atoms with Gasteiger partial charge in [0.05, 0.1) is 7.11 Å². The van der Waals surface area contributed by atoms with Crippen LogP contribution in [-0.4, -0.2) is 23.2 Å². The Kier molecular flexibility index (Phi) is 2.66. The number of fused-ring (bicyclic) bond motifs is 1. The van der Waals surface area contributed by atoms with E-state index in [1.807, 2.05) is 0 Å². The minimum absolute atomic E-state index is 0.0481. The van der Waals surface area contributed by atoms with Crippen LogP contribution >= 0.6 is 11.6 Å². The van der Waals surface area contributed by atoms with E-state index in [-0.39, 0.29) is 16.6 Å². The van der Waals surface area contributed by atoms with Crippen LogP contribution in [0.4, 0.5) is 0 Å². The smallest absolute Gasteiger partial charge is 0.357 e. The fraction of sp³-hybridized carbons (Fsp3) is 0.0909. The first-order valence-corrected chi connectivity index (χ1v) is 4.88. The first-order valence-electron chi connectivity index (χ1n) is 4.50. The number of carbonyl (C=O) groups is 1. The number of carbonyl (C=O) groups excluding carboxylic acids is 1. The number of phenolic OH excluding ortho intramolecular Hbond substituents is 1. The van der Waals surface area contributed by atoms with Crippen molar-refractivity contribution in [1.29, 1.82) is 0 Å². The van der Waals surface area contributed by atoms with Crippen LogP contribution in [0.3, 0.4) is 0 Å². The van der Waals surface area contributed by atoms with Gasteiger partial charge < -0.3 is 9.84 Å². The van der Waals surface area contributed by atoms with Crippen molar-refractivity contribution in [2.24, 2.45) is 0 Å². The van der Waals surface area contributed by atoms with Gasteiger partial charge in [0.25, 0.3) is 0 Å². The summed E-state index contributed by atoms with van der Waals surface area (Å²) in [6.45, 7) is 0. The number of hydrogen-bond acceptors (Lipinski definition) is 4. The number of halogens is 1. The normalized spacial score (nSPS) is 10.4. The third-order valence-electron chi connectivity index (χ3n) is 2.20. The van der Waals surface area contributed by atoms with E-state index in [0.29, 0.717) is 10.8 Å². The summed E-state index contributed by atoms with van der Waals surface area (Å²) in [7, 11) is 1.26. The number of pyridine rings is 1. The summed E-state index contributed by atoms with van der Waals surface area (Å²) >= 11 is 5.77. The molecule has 0 aliphatic rings. The van der Waals surface area contributed by atoms with Gasteiger partial charge in [-0.3, -0.25) is 0 Å². The van der Waals surface area contributed by atoms with Gasteiger partial charge >= 0.3 is 5.97 Å². The van der Waals surface area contributed by atoms with Crippen LogP contribution < -0.4 is 0 Å². The molecule has 0 radical (unpaired) electrons. The maximum absolute atomic E-state index is 11.5. The van der Waals surface area contributed by atoms with E-state index in [0.717, 1.165) is 0 Å². The molecule has 0 atom stereocenters. The van der Waals surface area contributed by atoms with Gasteiger partial charge in [-0.05, 0) is 12.1 Å². The number of rotatable bonds is 1. The Morgan fingerprint density at radius 2 is 2.19 bits per heavy atom. The zero-order valence-corrected chi connectivity index (χ0v) is 9.15. The molecule has 2 rings (SSSR count). The van der Waals surface area contributed by atoms with E-state index in [4.69, 9.17) is 11.6 Å². The molecule has 16 heavy (non-hydrogen) atoms. The predicted octanol–water partition coefficient (Wildman–Crippen LogP) is 2.38. The molecule has 2 aromatic rings. The molecule has 0 saturated carbocycles. The standard InChI is InChI=1S/C11H8ClNO3/c1-16-11(15)10-6-3-2-4-8(14)7(6)5-9(12)13-10/h2-5,14H,1H3. The zero-order chi connectivity index (χ0) is 11.7. The first-order chi connectivity index (χ1) is 7.63. The van der Waals surface area contributed by atoms with Crippen LogP contribution in [0.2, 0.25) is 5.15 Å². The average molecular weight is 238 g/mol. The highest BCUT2D eigenvalue weighted by Gasteiger charge is 2.14. The lowest BCUT2D eigenvalue weighted by atomic mass is 10.1. The third-order valence-corrected chi connectivity index (χ3v) is 2.39. The van der Waals surface area contributed by atoms with Gasteiger partial charge in [-0.1, -0.05) is 23.7 Å².